The molecule has 0 aromatic heterocycles. The van der Waals surface area contributed by atoms with E-state index in [0.717, 1.165) is 29.7 Å². The van der Waals surface area contributed by atoms with Gasteiger partial charge >= 0.3 is 0 Å². The zero-order valence-electron chi connectivity index (χ0n) is 10.1. The first-order valence-corrected chi connectivity index (χ1v) is 6.79. The van der Waals surface area contributed by atoms with E-state index in [1.54, 1.807) is 0 Å². The van der Waals surface area contributed by atoms with Crippen LogP contribution in [0.5, 0.6) is 0 Å². The fourth-order valence-electron chi connectivity index (χ4n) is 2.04. The van der Waals surface area contributed by atoms with Crippen LogP contribution in [0.1, 0.15) is 23.2 Å². The maximum atomic E-state index is 11.9. The van der Waals surface area contributed by atoms with Crippen molar-refractivity contribution in [2.24, 2.45) is 5.92 Å². The predicted octanol–water partition coefficient (Wildman–Crippen LogP) is 2.60. The van der Waals surface area contributed by atoms with Crippen LogP contribution in [0.25, 0.3) is 0 Å². The van der Waals surface area contributed by atoms with E-state index in [9.17, 15) is 4.79 Å². The molecule has 0 radical (unpaired) electrons. The van der Waals surface area contributed by atoms with Gasteiger partial charge in [0, 0.05) is 16.6 Å². The molecule has 1 aromatic carbocycles. The highest BCUT2D eigenvalue weighted by molar-refractivity contribution is 9.10. The van der Waals surface area contributed by atoms with Gasteiger partial charge in [-0.3, -0.25) is 4.79 Å². The van der Waals surface area contributed by atoms with E-state index in [1.807, 2.05) is 24.3 Å². The van der Waals surface area contributed by atoms with Gasteiger partial charge in [-0.1, -0.05) is 15.9 Å². The van der Waals surface area contributed by atoms with Crippen LogP contribution in [0.15, 0.2) is 28.7 Å². The lowest BCUT2D eigenvalue weighted by molar-refractivity contribution is 0.0945. The predicted molar refractivity (Wildman–Crippen MR) is 79.3 cm³/mol. The SMILES string of the molecule is Cl.O=C(NCC1CCCNC1)c1ccc(Br)cc1. The molecule has 0 saturated carbocycles. The van der Waals surface area contributed by atoms with Crippen LogP contribution in [0.3, 0.4) is 0 Å². The molecule has 0 aliphatic carbocycles. The number of rotatable bonds is 3. The van der Waals surface area contributed by atoms with E-state index in [0.29, 0.717) is 5.92 Å². The summed E-state index contributed by atoms with van der Waals surface area (Å²) in [7, 11) is 0. The van der Waals surface area contributed by atoms with E-state index in [-0.39, 0.29) is 18.3 Å². The van der Waals surface area contributed by atoms with E-state index < -0.39 is 0 Å². The second kappa shape index (κ2) is 7.77. The Morgan fingerprint density at radius 3 is 2.72 bits per heavy atom. The van der Waals surface area contributed by atoms with E-state index in [2.05, 4.69) is 26.6 Å². The van der Waals surface area contributed by atoms with Crippen LogP contribution in [0.4, 0.5) is 0 Å². The summed E-state index contributed by atoms with van der Waals surface area (Å²) in [5, 5.41) is 6.34. The summed E-state index contributed by atoms with van der Waals surface area (Å²) in [5.74, 6) is 0.589. The van der Waals surface area contributed by atoms with Crippen LogP contribution in [-0.2, 0) is 0 Å². The molecular formula is C13H18BrClN2O. The van der Waals surface area contributed by atoms with Crippen molar-refractivity contribution in [3.05, 3.63) is 34.3 Å². The number of benzene rings is 1. The van der Waals surface area contributed by atoms with Gasteiger partial charge in [0.05, 0.1) is 0 Å². The molecule has 1 heterocycles. The zero-order chi connectivity index (χ0) is 12.1. The first-order valence-electron chi connectivity index (χ1n) is 6.00. The van der Waals surface area contributed by atoms with Gasteiger partial charge in [-0.2, -0.15) is 0 Å². The maximum Gasteiger partial charge on any atom is 0.251 e. The molecule has 0 bridgehead atoms. The Labute approximate surface area is 122 Å². The Morgan fingerprint density at radius 1 is 1.39 bits per heavy atom. The summed E-state index contributed by atoms with van der Waals surface area (Å²) in [5.41, 5.74) is 0.719. The third-order valence-electron chi connectivity index (χ3n) is 3.06. The molecule has 0 spiro atoms. The van der Waals surface area contributed by atoms with Gasteiger partial charge < -0.3 is 10.6 Å². The molecule has 1 aliphatic heterocycles. The molecule has 1 saturated heterocycles. The summed E-state index contributed by atoms with van der Waals surface area (Å²) >= 11 is 3.36. The van der Waals surface area contributed by atoms with Gasteiger partial charge in [-0.05, 0) is 56.1 Å². The number of piperidine rings is 1. The molecule has 1 fully saturated rings. The van der Waals surface area contributed by atoms with Gasteiger partial charge in [0.25, 0.3) is 5.91 Å². The van der Waals surface area contributed by atoms with Crippen LogP contribution >= 0.6 is 28.3 Å². The molecule has 1 unspecified atom stereocenters. The standard InChI is InChI=1S/C13H17BrN2O.ClH/c14-12-5-3-11(4-6-12)13(17)16-9-10-2-1-7-15-8-10;/h3-6,10,15H,1-2,7-9H2,(H,16,17);1H. The molecule has 3 nitrogen and oxygen atoms in total. The highest BCUT2D eigenvalue weighted by atomic mass is 79.9. The lowest BCUT2D eigenvalue weighted by Crippen LogP contribution is -2.38. The van der Waals surface area contributed by atoms with Crippen molar-refractivity contribution in [1.82, 2.24) is 10.6 Å². The van der Waals surface area contributed by atoms with E-state index in [4.69, 9.17) is 0 Å². The van der Waals surface area contributed by atoms with Gasteiger partial charge in [-0.15, -0.1) is 12.4 Å². The molecule has 1 aromatic rings. The average molecular weight is 334 g/mol. The van der Waals surface area contributed by atoms with E-state index >= 15 is 0 Å². The minimum Gasteiger partial charge on any atom is -0.352 e. The van der Waals surface area contributed by atoms with Gasteiger partial charge in [0.1, 0.15) is 0 Å². The molecule has 18 heavy (non-hydrogen) atoms. The lowest BCUT2D eigenvalue weighted by atomic mass is 10.00. The number of carbonyl (C=O) groups excluding carboxylic acids is 1. The summed E-state index contributed by atoms with van der Waals surface area (Å²) in [6, 6.07) is 7.44. The van der Waals surface area contributed by atoms with Gasteiger partial charge in [0.15, 0.2) is 0 Å². The molecule has 1 amide bonds. The second-order valence-electron chi connectivity index (χ2n) is 4.43. The smallest absolute Gasteiger partial charge is 0.251 e. The van der Waals surface area contributed by atoms with Crippen LogP contribution in [0, 0.1) is 5.92 Å². The number of nitrogens with one attached hydrogen (secondary N) is 2. The van der Waals surface area contributed by atoms with Crippen molar-refractivity contribution in [1.29, 1.82) is 0 Å². The summed E-state index contributed by atoms with van der Waals surface area (Å²) < 4.78 is 0.991. The summed E-state index contributed by atoms with van der Waals surface area (Å²) in [6.45, 7) is 2.89. The first-order chi connectivity index (χ1) is 8.25. The Balaban J connectivity index is 0.00000162. The lowest BCUT2D eigenvalue weighted by Gasteiger charge is -2.22. The Hall–Kier alpha value is -0.580. The topological polar surface area (TPSA) is 41.1 Å². The van der Waals surface area contributed by atoms with Crippen LogP contribution in [0.2, 0.25) is 0 Å². The number of amides is 1. The van der Waals surface area contributed by atoms with Gasteiger partial charge in [0.2, 0.25) is 0 Å². The normalized spacial score (nSPS) is 18.8. The number of carbonyl (C=O) groups is 1. The van der Waals surface area contributed by atoms with E-state index in [1.165, 1.54) is 12.8 Å². The minimum atomic E-state index is 0. The second-order valence-corrected chi connectivity index (χ2v) is 5.34. The maximum absolute atomic E-state index is 11.9. The summed E-state index contributed by atoms with van der Waals surface area (Å²) in [4.78, 5) is 11.9. The first kappa shape index (κ1) is 15.5. The van der Waals surface area contributed by atoms with Crippen LogP contribution in [-0.4, -0.2) is 25.5 Å². The van der Waals surface area contributed by atoms with Gasteiger partial charge in [-0.25, -0.2) is 0 Å². The fraction of sp³-hybridized carbons (Fsp3) is 0.462. The number of hydrogen-bond acceptors (Lipinski definition) is 2. The number of hydrogen-bond donors (Lipinski definition) is 2. The molecule has 100 valence electrons. The summed E-state index contributed by atoms with van der Waals surface area (Å²) in [6.07, 6.45) is 2.41. The van der Waals surface area contributed by atoms with Crippen molar-refractivity contribution in [3.8, 4) is 0 Å². The van der Waals surface area contributed by atoms with Crippen molar-refractivity contribution >= 4 is 34.2 Å². The molecule has 2 rings (SSSR count). The highest BCUT2D eigenvalue weighted by Gasteiger charge is 2.14. The number of halogens is 2. The largest absolute Gasteiger partial charge is 0.352 e. The third-order valence-corrected chi connectivity index (χ3v) is 3.59. The Bertz CT molecular complexity index is 377. The monoisotopic (exact) mass is 332 g/mol. The average Bonchev–Trinajstić information content (AvgIpc) is 2.38. The van der Waals surface area contributed by atoms with Crippen molar-refractivity contribution in [2.75, 3.05) is 19.6 Å². The zero-order valence-corrected chi connectivity index (χ0v) is 12.5. The van der Waals surface area contributed by atoms with Crippen molar-refractivity contribution < 1.29 is 4.79 Å². The third kappa shape index (κ3) is 4.59. The van der Waals surface area contributed by atoms with Crippen molar-refractivity contribution in [3.63, 3.8) is 0 Å². The van der Waals surface area contributed by atoms with Crippen molar-refractivity contribution in [2.45, 2.75) is 12.8 Å². The Morgan fingerprint density at radius 2 is 2.11 bits per heavy atom. The molecule has 2 N–H and O–H groups in total. The Kier molecular flexibility index (Phi) is 6.68. The minimum absolute atomic E-state index is 0. The highest BCUT2D eigenvalue weighted by Crippen LogP contribution is 2.11. The molecule has 5 heteroatoms. The fourth-order valence-corrected chi connectivity index (χ4v) is 2.30. The van der Waals surface area contributed by atoms with Crippen LogP contribution < -0.4 is 10.6 Å². The molecular weight excluding hydrogens is 316 g/mol. The molecule has 1 aliphatic rings. The molecule has 1 atom stereocenters. The quantitative estimate of drug-likeness (QED) is 0.893.